The lowest BCUT2D eigenvalue weighted by Crippen LogP contribution is -2.50. The number of nitrogens with zero attached hydrogens (tertiary/aromatic N) is 4. The Bertz CT molecular complexity index is 1320. The molecule has 30 heavy (non-hydrogen) atoms. The monoisotopic (exact) mass is 448 g/mol. The zero-order valence-electron chi connectivity index (χ0n) is 17.1. The van der Waals surface area contributed by atoms with Crippen molar-refractivity contribution in [1.29, 1.82) is 0 Å². The molecule has 4 rings (SSSR count). The highest BCUT2D eigenvalue weighted by molar-refractivity contribution is 7.89. The van der Waals surface area contributed by atoms with E-state index in [2.05, 4.69) is 5.10 Å². The molecule has 1 aliphatic heterocycles. The molecule has 0 unspecified atom stereocenters. The number of fused-ring (bicyclic) bond motifs is 1. The van der Waals surface area contributed by atoms with Crippen molar-refractivity contribution in [3.05, 3.63) is 53.9 Å². The summed E-state index contributed by atoms with van der Waals surface area (Å²) in [5.41, 5.74) is 1.01. The minimum Gasteiger partial charge on any atom is -0.271 e. The molecule has 0 amide bonds. The predicted octanol–water partition coefficient (Wildman–Crippen LogP) is 1.89. The van der Waals surface area contributed by atoms with Gasteiger partial charge >= 0.3 is 0 Å². The van der Waals surface area contributed by atoms with Gasteiger partial charge in [0.15, 0.2) is 0 Å². The lowest BCUT2D eigenvalue weighted by atomic mass is 10.1. The molecule has 1 saturated heterocycles. The van der Waals surface area contributed by atoms with E-state index in [1.807, 2.05) is 24.3 Å². The number of piperazine rings is 1. The fraction of sp³-hybridized carbons (Fsp3) is 0.350. The smallest absolute Gasteiger partial charge is 0.246 e. The van der Waals surface area contributed by atoms with Crippen LogP contribution >= 0.6 is 0 Å². The zero-order valence-corrected chi connectivity index (χ0v) is 18.7. The molecular formula is C20H24N4O4S2. The maximum absolute atomic E-state index is 13.1. The Kier molecular flexibility index (Phi) is 5.21. The van der Waals surface area contributed by atoms with Gasteiger partial charge in [0.25, 0.3) is 0 Å². The molecule has 0 spiro atoms. The van der Waals surface area contributed by atoms with E-state index in [1.165, 1.54) is 8.61 Å². The first-order chi connectivity index (χ1) is 14.1. The Morgan fingerprint density at radius 2 is 1.37 bits per heavy atom. The first-order valence-electron chi connectivity index (χ1n) is 9.61. The Balaban J connectivity index is 1.56. The number of sulfonamides is 2. The van der Waals surface area contributed by atoms with E-state index < -0.39 is 20.0 Å². The SMILES string of the molecule is Cc1nn(C)c(C)c1S(=O)(=O)N1CCN(S(=O)(=O)c2ccc3ccccc3c2)CC1. The molecule has 2 heterocycles. The highest BCUT2D eigenvalue weighted by atomic mass is 32.2. The van der Waals surface area contributed by atoms with Crippen LogP contribution in [0.15, 0.2) is 52.3 Å². The third kappa shape index (κ3) is 3.43. The molecule has 3 aromatic rings. The van der Waals surface area contributed by atoms with Gasteiger partial charge < -0.3 is 0 Å². The average Bonchev–Trinajstić information content (AvgIpc) is 2.99. The van der Waals surface area contributed by atoms with Crippen molar-refractivity contribution in [2.45, 2.75) is 23.6 Å². The van der Waals surface area contributed by atoms with E-state index in [1.54, 1.807) is 43.8 Å². The second-order valence-corrected chi connectivity index (χ2v) is 11.3. The van der Waals surface area contributed by atoms with Crippen LogP contribution in [0.1, 0.15) is 11.4 Å². The van der Waals surface area contributed by atoms with Gasteiger partial charge in [0.05, 0.1) is 16.3 Å². The quantitative estimate of drug-likeness (QED) is 0.608. The summed E-state index contributed by atoms with van der Waals surface area (Å²) in [7, 11) is -5.74. The number of benzene rings is 2. The summed E-state index contributed by atoms with van der Waals surface area (Å²) >= 11 is 0. The van der Waals surface area contributed by atoms with Gasteiger partial charge in [-0.3, -0.25) is 4.68 Å². The van der Waals surface area contributed by atoms with Crippen LogP contribution in [0.4, 0.5) is 0 Å². The summed E-state index contributed by atoms with van der Waals surface area (Å²) in [4.78, 5) is 0.423. The molecule has 0 saturated carbocycles. The summed E-state index contributed by atoms with van der Waals surface area (Å²) in [5, 5.41) is 6.01. The minimum absolute atomic E-state index is 0.100. The number of aromatic nitrogens is 2. The summed E-state index contributed by atoms with van der Waals surface area (Å²) in [6.07, 6.45) is 0. The van der Waals surface area contributed by atoms with E-state index in [9.17, 15) is 16.8 Å². The van der Waals surface area contributed by atoms with Crippen molar-refractivity contribution in [1.82, 2.24) is 18.4 Å². The summed E-state index contributed by atoms with van der Waals surface area (Å²) in [6, 6.07) is 12.6. The molecule has 0 radical (unpaired) electrons. The molecule has 0 atom stereocenters. The van der Waals surface area contributed by atoms with Crippen LogP contribution in [-0.2, 0) is 27.1 Å². The molecule has 10 heteroatoms. The van der Waals surface area contributed by atoms with E-state index in [0.717, 1.165) is 10.8 Å². The average molecular weight is 449 g/mol. The van der Waals surface area contributed by atoms with Crippen LogP contribution in [-0.4, -0.2) is 61.4 Å². The molecule has 1 fully saturated rings. The highest BCUT2D eigenvalue weighted by Crippen LogP contribution is 2.26. The van der Waals surface area contributed by atoms with Gasteiger partial charge in [0.2, 0.25) is 20.0 Å². The molecule has 0 aliphatic carbocycles. The molecule has 0 N–H and O–H groups in total. The van der Waals surface area contributed by atoms with Gasteiger partial charge in [0.1, 0.15) is 4.90 Å². The largest absolute Gasteiger partial charge is 0.271 e. The van der Waals surface area contributed by atoms with Gasteiger partial charge in [0, 0.05) is 33.2 Å². The number of hydrogen-bond acceptors (Lipinski definition) is 5. The van der Waals surface area contributed by atoms with Gasteiger partial charge in [-0.2, -0.15) is 13.7 Å². The third-order valence-corrected chi connectivity index (χ3v) is 9.64. The second-order valence-electron chi connectivity index (χ2n) is 7.44. The van der Waals surface area contributed by atoms with E-state index >= 15 is 0 Å². The lowest BCUT2D eigenvalue weighted by Gasteiger charge is -2.33. The minimum atomic E-state index is -3.74. The van der Waals surface area contributed by atoms with Crippen LogP contribution in [0, 0.1) is 13.8 Å². The fourth-order valence-electron chi connectivity index (χ4n) is 3.88. The van der Waals surface area contributed by atoms with Crippen LogP contribution < -0.4 is 0 Å². The maximum Gasteiger partial charge on any atom is 0.246 e. The molecule has 0 bridgehead atoms. The summed E-state index contributed by atoms with van der Waals surface area (Å²) in [6.45, 7) is 3.79. The number of hydrogen-bond donors (Lipinski definition) is 0. The maximum atomic E-state index is 13.1. The van der Waals surface area contributed by atoms with Gasteiger partial charge in [-0.15, -0.1) is 0 Å². The normalized spacial score (nSPS) is 16.9. The molecule has 8 nitrogen and oxygen atoms in total. The highest BCUT2D eigenvalue weighted by Gasteiger charge is 2.36. The predicted molar refractivity (Wildman–Crippen MR) is 114 cm³/mol. The molecular weight excluding hydrogens is 424 g/mol. The lowest BCUT2D eigenvalue weighted by molar-refractivity contribution is 0.272. The third-order valence-electron chi connectivity index (χ3n) is 5.60. The van der Waals surface area contributed by atoms with Crippen molar-refractivity contribution in [3.8, 4) is 0 Å². The van der Waals surface area contributed by atoms with E-state index in [0.29, 0.717) is 11.4 Å². The molecule has 1 aromatic heterocycles. The first kappa shape index (κ1) is 21.0. The Morgan fingerprint density at radius 3 is 1.93 bits per heavy atom. The first-order valence-corrected chi connectivity index (χ1v) is 12.5. The topological polar surface area (TPSA) is 92.6 Å². The molecule has 160 valence electrons. The van der Waals surface area contributed by atoms with Crippen molar-refractivity contribution < 1.29 is 16.8 Å². The van der Waals surface area contributed by atoms with Gasteiger partial charge in [-0.05, 0) is 36.8 Å². The van der Waals surface area contributed by atoms with Crippen LogP contribution in [0.3, 0.4) is 0 Å². The van der Waals surface area contributed by atoms with Crippen molar-refractivity contribution in [3.63, 3.8) is 0 Å². The van der Waals surface area contributed by atoms with Gasteiger partial charge in [-0.1, -0.05) is 30.3 Å². The Hall–Kier alpha value is -2.27. The second kappa shape index (κ2) is 7.45. The summed E-state index contributed by atoms with van der Waals surface area (Å²) in [5.74, 6) is 0. The standard InChI is InChI=1S/C20H24N4O4S2/c1-15-20(16(2)22(3)21-15)30(27,28)24-12-10-23(11-13-24)29(25,26)19-9-8-17-6-4-5-7-18(17)14-19/h4-9,14H,10-13H2,1-3H3. The molecule has 2 aromatic carbocycles. The van der Waals surface area contributed by atoms with Gasteiger partial charge in [-0.25, -0.2) is 16.8 Å². The zero-order chi connectivity index (χ0) is 21.7. The van der Waals surface area contributed by atoms with Crippen LogP contribution in [0.2, 0.25) is 0 Å². The van der Waals surface area contributed by atoms with Crippen molar-refractivity contribution in [2.24, 2.45) is 7.05 Å². The Morgan fingerprint density at radius 1 is 0.800 bits per heavy atom. The van der Waals surface area contributed by atoms with Crippen LogP contribution in [0.25, 0.3) is 10.8 Å². The van der Waals surface area contributed by atoms with Crippen molar-refractivity contribution in [2.75, 3.05) is 26.2 Å². The van der Waals surface area contributed by atoms with E-state index in [4.69, 9.17) is 0 Å². The van der Waals surface area contributed by atoms with Crippen LogP contribution in [0.5, 0.6) is 0 Å². The molecule has 1 aliphatic rings. The fourth-order valence-corrected chi connectivity index (χ4v) is 7.16. The van der Waals surface area contributed by atoms with Crippen molar-refractivity contribution >= 4 is 30.8 Å². The summed E-state index contributed by atoms with van der Waals surface area (Å²) < 4.78 is 56.7. The number of rotatable bonds is 4. The number of aryl methyl sites for hydroxylation is 2. The van der Waals surface area contributed by atoms with E-state index in [-0.39, 0.29) is 36.0 Å². The Labute approximate surface area is 176 Å².